The van der Waals surface area contributed by atoms with Gasteiger partial charge in [-0.25, -0.2) is 9.36 Å². The molecular weight excluding hydrogens is 356 g/mol. The summed E-state index contributed by atoms with van der Waals surface area (Å²) in [6.07, 6.45) is 4.08. The van der Waals surface area contributed by atoms with Gasteiger partial charge in [0, 0.05) is 4.47 Å². The lowest BCUT2D eigenvalue weighted by Crippen LogP contribution is -2.36. The Morgan fingerprint density at radius 3 is 2.38 bits per heavy atom. The zero-order valence-corrected chi connectivity index (χ0v) is 13.6. The molecule has 1 aliphatic rings. The van der Waals surface area contributed by atoms with E-state index in [1.54, 1.807) is 24.3 Å². The molecule has 0 atom stereocenters. The van der Waals surface area contributed by atoms with E-state index in [2.05, 4.69) is 20.9 Å². The molecule has 1 aromatic carbocycles. The summed E-state index contributed by atoms with van der Waals surface area (Å²) in [5.41, 5.74) is 0.268. The maximum Gasteiger partial charge on any atom is 0.334 e. The summed E-state index contributed by atoms with van der Waals surface area (Å²) >= 11 is 9.46. The fraction of sp³-hybridized carbons (Fsp3) is 0.333. The van der Waals surface area contributed by atoms with E-state index in [4.69, 9.17) is 11.6 Å². The first-order valence-electron chi connectivity index (χ1n) is 6.88. The van der Waals surface area contributed by atoms with Crippen LogP contribution in [0.2, 0.25) is 5.15 Å². The van der Waals surface area contributed by atoms with E-state index in [0.717, 1.165) is 34.7 Å². The van der Waals surface area contributed by atoms with Gasteiger partial charge in [0.15, 0.2) is 0 Å². The number of H-pyrrole nitrogens is 1. The van der Waals surface area contributed by atoms with Gasteiger partial charge in [-0.15, -0.1) is 0 Å². The molecule has 1 N–H and O–H groups in total. The number of hydrogen-bond donors (Lipinski definition) is 1. The third kappa shape index (κ3) is 2.72. The Kier molecular flexibility index (Phi) is 4.04. The van der Waals surface area contributed by atoms with Gasteiger partial charge >= 0.3 is 5.69 Å². The van der Waals surface area contributed by atoms with Gasteiger partial charge in [0.25, 0.3) is 5.56 Å². The summed E-state index contributed by atoms with van der Waals surface area (Å²) in [4.78, 5) is 27.5. The highest BCUT2D eigenvalue weighted by Crippen LogP contribution is 2.34. The molecule has 0 amide bonds. The number of halogens is 2. The van der Waals surface area contributed by atoms with Crippen LogP contribution in [0, 0.1) is 0 Å². The van der Waals surface area contributed by atoms with Crippen molar-refractivity contribution in [3.05, 3.63) is 60.3 Å². The van der Waals surface area contributed by atoms with Crippen molar-refractivity contribution in [2.45, 2.75) is 31.6 Å². The zero-order valence-electron chi connectivity index (χ0n) is 11.2. The summed E-state index contributed by atoms with van der Waals surface area (Å²) in [5.74, 6) is 0.142. The molecule has 110 valence electrons. The number of benzene rings is 1. The quantitative estimate of drug-likeness (QED) is 0.822. The first-order chi connectivity index (χ1) is 10.1. The molecule has 1 saturated carbocycles. The van der Waals surface area contributed by atoms with Crippen molar-refractivity contribution in [3.8, 4) is 5.69 Å². The maximum absolute atomic E-state index is 12.7. The molecular formula is C15H14BrClN2O2. The van der Waals surface area contributed by atoms with Crippen molar-refractivity contribution >= 4 is 27.5 Å². The van der Waals surface area contributed by atoms with Gasteiger partial charge < -0.3 is 0 Å². The minimum absolute atomic E-state index is 0.142. The Bertz CT molecular complexity index is 774. The standard InChI is InChI=1S/C15H14BrClN2O2/c16-10-5-7-11(8-6-10)19-14(20)12(9-3-1-2-4-9)13(17)18-15(19)21/h5-9H,1-4H2,(H,18,21). The summed E-state index contributed by atoms with van der Waals surface area (Å²) in [7, 11) is 0. The Balaban J connectivity index is 2.21. The normalized spacial score (nSPS) is 15.5. The van der Waals surface area contributed by atoms with Crippen LogP contribution >= 0.6 is 27.5 Å². The number of rotatable bonds is 2. The van der Waals surface area contributed by atoms with E-state index in [1.807, 2.05) is 0 Å². The van der Waals surface area contributed by atoms with Crippen LogP contribution in [-0.2, 0) is 0 Å². The van der Waals surface area contributed by atoms with Crippen LogP contribution in [0.4, 0.5) is 0 Å². The van der Waals surface area contributed by atoms with Crippen LogP contribution in [0.5, 0.6) is 0 Å². The molecule has 1 fully saturated rings. The largest absolute Gasteiger partial charge is 0.334 e. The van der Waals surface area contributed by atoms with E-state index >= 15 is 0 Å². The van der Waals surface area contributed by atoms with Crippen molar-refractivity contribution in [1.82, 2.24) is 9.55 Å². The lowest BCUT2D eigenvalue weighted by atomic mass is 10.0. The summed E-state index contributed by atoms with van der Waals surface area (Å²) in [6, 6.07) is 7.05. The van der Waals surface area contributed by atoms with Gasteiger partial charge in [-0.2, -0.15) is 0 Å². The van der Waals surface area contributed by atoms with Crippen molar-refractivity contribution < 1.29 is 0 Å². The Morgan fingerprint density at radius 1 is 1.14 bits per heavy atom. The lowest BCUT2D eigenvalue weighted by Gasteiger charge is -2.13. The molecule has 1 aromatic heterocycles. The second-order valence-electron chi connectivity index (χ2n) is 5.26. The van der Waals surface area contributed by atoms with E-state index in [1.165, 1.54) is 0 Å². The second-order valence-corrected chi connectivity index (χ2v) is 6.55. The average Bonchev–Trinajstić information content (AvgIpc) is 2.94. The van der Waals surface area contributed by atoms with Crippen LogP contribution in [-0.4, -0.2) is 9.55 Å². The van der Waals surface area contributed by atoms with Crippen molar-refractivity contribution in [2.24, 2.45) is 0 Å². The molecule has 21 heavy (non-hydrogen) atoms. The molecule has 6 heteroatoms. The van der Waals surface area contributed by atoms with E-state index in [-0.39, 0.29) is 16.6 Å². The number of aromatic amines is 1. The maximum atomic E-state index is 12.7. The number of hydrogen-bond acceptors (Lipinski definition) is 2. The summed E-state index contributed by atoms with van der Waals surface area (Å²) in [5, 5.41) is 0.185. The molecule has 0 radical (unpaired) electrons. The van der Waals surface area contributed by atoms with Crippen LogP contribution in [0.15, 0.2) is 38.3 Å². The van der Waals surface area contributed by atoms with E-state index < -0.39 is 5.69 Å². The molecule has 1 aliphatic carbocycles. The average molecular weight is 370 g/mol. The van der Waals surface area contributed by atoms with Crippen LogP contribution < -0.4 is 11.2 Å². The molecule has 4 nitrogen and oxygen atoms in total. The van der Waals surface area contributed by atoms with Gasteiger partial charge in [-0.05, 0) is 43.0 Å². The van der Waals surface area contributed by atoms with Crippen LogP contribution in [0.1, 0.15) is 37.2 Å². The molecule has 0 saturated heterocycles. The highest BCUT2D eigenvalue weighted by Gasteiger charge is 2.25. The highest BCUT2D eigenvalue weighted by atomic mass is 79.9. The van der Waals surface area contributed by atoms with E-state index in [9.17, 15) is 9.59 Å². The lowest BCUT2D eigenvalue weighted by molar-refractivity contribution is 0.688. The second kappa shape index (κ2) is 5.81. The molecule has 0 unspecified atom stereocenters. The Labute approximate surface area is 134 Å². The van der Waals surface area contributed by atoms with Gasteiger partial charge in [0.1, 0.15) is 5.15 Å². The Morgan fingerprint density at radius 2 is 1.76 bits per heavy atom. The fourth-order valence-electron chi connectivity index (χ4n) is 2.92. The Hall–Kier alpha value is -1.33. The van der Waals surface area contributed by atoms with Gasteiger partial charge in [0.05, 0.1) is 11.3 Å². The topological polar surface area (TPSA) is 54.9 Å². The fourth-order valence-corrected chi connectivity index (χ4v) is 3.50. The van der Waals surface area contributed by atoms with Crippen LogP contribution in [0.3, 0.4) is 0 Å². The molecule has 0 bridgehead atoms. The van der Waals surface area contributed by atoms with Crippen LogP contribution in [0.25, 0.3) is 5.69 Å². The molecule has 0 aliphatic heterocycles. The SMILES string of the molecule is O=c1[nH]c(Cl)c(C2CCCC2)c(=O)n1-c1ccc(Br)cc1. The molecule has 0 spiro atoms. The van der Waals surface area contributed by atoms with Gasteiger partial charge in [-0.1, -0.05) is 40.4 Å². The predicted molar refractivity (Wildman–Crippen MR) is 86.6 cm³/mol. The first kappa shape index (κ1) is 14.6. The monoisotopic (exact) mass is 368 g/mol. The third-order valence-corrected chi connectivity index (χ3v) is 4.76. The summed E-state index contributed by atoms with van der Waals surface area (Å²) < 4.78 is 2.05. The molecule has 1 heterocycles. The smallest absolute Gasteiger partial charge is 0.297 e. The molecule has 2 aromatic rings. The number of nitrogens with one attached hydrogen (secondary N) is 1. The molecule has 3 rings (SSSR count). The van der Waals surface area contributed by atoms with Gasteiger partial charge in [0.2, 0.25) is 0 Å². The zero-order chi connectivity index (χ0) is 15.0. The predicted octanol–water partition coefficient (Wildman–Crippen LogP) is 3.60. The first-order valence-corrected chi connectivity index (χ1v) is 8.05. The van der Waals surface area contributed by atoms with Crippen molar-refractivity contribution in [2.75, 3.05) is 0 Å². The number of aromatic nitrogens is 2. The summed E-state index contributed by atoms with van der Waals surface area (Å²) in [6.45, 7) is 0. The highest BCUT2D eigenvalue weighted by molar-refractivity contribution is 9.10. The minimum atomic E-state index is -0.505. The number of nitrogens with zero attached hydrogens (tertiary/aromatic N) is 1. The third-order valence-electron chi connectivity index (χ3n) is 3.94. The van der Waals surface area contributed by atoms with Crippen molar-refractivity contribution in [3.63, 3.8) is 0 Å². The van der Waals surface area contributed by atoms with Crippen molar-refractivity contribution in [1.29, 1.82) is 0 Å². The van der Waals surface area contributed by atoms with Gasteiger partial charge in [-0.3, -0.25) is 9.78 Å². The van der Waals surface area contributed by atoms with E-state index in [0.29, 0.717) is 11.3 Å². The minimum Gasteiger partial charge on any atom is -0.297 e.